The van der Waals surface area contributed by atoms with Crippen molar-refractivity contribution in [1.82, 2.24) is 5.32 Å². The predicted octanol–water partition coefficient (Wildman–Crippen LogP) is 1.75. The van der Waals surface area contributed by atoms with Gasteiger partial charge in [-0.25, -0.2) is 0 Å². The fourth-order valence-corrected chi connectivity index (χ4v) is 3.99. The van der Waals surface area contributed by atoms with E-state index in [9.17, 15) is 4.79 Å². The summed E-state index contributed by atoms with van der Waals surface area (Å²) in [5.74, 6) is 7.37. The van der Waals surface area contributed by atoms with Crippen LogP contribution in [0.5, 0.6) is 0 Å². The minimum atomic E-state index is -0.117. The molecule has 2 aliphatic carbocycles. The van der Waals surface area contributed by atoms with E-state index in [2.05, 4.69) is 17.2 Å². The first kappa shape index (κ1) is 12.7. The van der Waals surface area contributed by atoms with Crippen molar-refractivity contribution in [3.05, 3.63) is 21.9 Å². The zero-order chi connectivity index (χ0) is 13.2. The first-order valence-corrected chi connectivity index (χ1v) is 7.57. The van der Waals surface area contributed by atoms with Gasteiger partial charge in [-0.2, -0.15) is 0 Å². The Morgan fingerprint density at radius 1 is 1.42 bits per heavy atom. The monoisotopic (exact) mass is 275 g/mol. The first-order chi connectivity index (χ1) is 9.29. The van der Waals surface area contributed by atoms with E-state index >= 15 is 0 Å². The van der Waals surface area contributed by atoms with Gasteiger partial charge in [-0.3, -0.25) is 4.79 Å². The molecule has 1 aromatic heterocycles. The van der Waals surface area contributed by atoms with Crippen LogP contribution in [0, 0.1) is 29.6 Å². The Morgan fingerprint density at radius 3 is 2.95 bits per heavy atom. The summed E-state index contributed by atoms with van der Waals surface area (Å²) >= 11 is 1.57. The largest absolute Gasteiger partial charge is 0.384 e. The quantitative estimate of drug-likeness (QED) is 0.826. The Bertz CT molecular complexity index is 530. The van der Waals surface area contributed by atoms with Crippen LogP contribution >= 0.6 is 11.3 Å². The Labute approximate surface area is 117 Å². The van der Waals surface area contributed by atoms with Gasteiger partial charge in [-0.1, -0.05) is 18.3 Å². The maximum absolute atomic E-state index is 12.0. The third-order valence-corrected chi connectivity index (χ3v) is 5.10. The maximum atomic E-state index is 12.0. The predicted molar refractivity (Wildman–Crippen MR) is 74.5 cm³/mol. The van der Waals surface area contributed by atoms with E-state index in [0.29, 0.717) is 24.3 Å². The lowest BCUT2D eigenvalue weighted by Gasteiger charge is -2.04. The van der Waals surface area contributed by atoms with Crippen molar-refractivity contribution >= 4 is 17.2 Å². The number of rotatable bonds is 3. The highest BCUT2D eigenvalue weighted by molar-refractivity contribution is 7.12. The van der Waals surface area contributed by atoms with E-state index in [1.807, 2.05) is 12.1 Å². The van der Waals surface area contributed by atoms with Crippen molar-refractivity contribution in [2.45, 2.75) is 25.8 Å². The molecule has 0 radical (unpaired) electrons. The van der Waals surface area contributed by atoms with Crippen LogP contribution in [-0.4, -0.2) is 17.6 Å². The molecule has 0 aliphatic heterocycles. The lowest BCUT2D eigenvalue weighted by atomic mass is 10.1. The van der Waals surface area contributed by atoms with Crippen LogP contribution in [0.15, 0.2) is 12.1 Å². The number of nitrogens with one attached hydrogen (secondary N) is 1. The van der Waals surface area contributed by atoms with Crippen molar-refractivity contribution in [1.29, 1.82) is 0 Å². The van der Waals surface area contributed by atoms with Gasteiger partial charge in [0, 0.05) is 10.8 Å². The molecule has 1 heterocycles. The van der Waals surface area contributed by atoms with Crippen molar-refractivity contribution in [2.24, 2.45) is 17.8 Å². The van der Waals surface area contributed by atoms with Gasteiger partial charge in [0.15, 0.2) is 0 Å². The van der Waals surface area contributed by atoms with E-state index in [4.69, 9.17) is 5.11 Å². The highest BCUT2D eigenvalue weighted by Gasteiger charge is 2.56. The molecular formula is C15H17NO2S. The highest BCUT2D eigenvalue weighted by Crippen LogP contribution is 2.57. The highest BCUT2D eigenvalue weighted by atomic mass is 32.1. The van der Waals surface area contributed by atoms with Crippen molar-refractivity contribution in [3.63, 3.8) is 0 Å². The molecule has 2 fully saturated rings. The number of aliphatic hydroxyl groups is 1. The molecule has 2 unspecified atom stereocenters. The van der Waals surface area contributed by atoms with E-state index in [-0.39, 0.29) is 12.5 Å². The number of aliphatic hydroxyl groups excluding tert-OH is 1. The summed E-state index contributed by atoms with van der Waals surface area (Å²) in [6, 6.07) is 3.92. The topological polar surface area (TPSA) is 49.3 Å². The van der Waals surface area contributed by atoms with Gasteiger partial charge in [-0.15, -0.1) is 11.3 Å². The first-order valence-electron chi connectivity index (χ1n) is 6.76. The van der Waals surface area contributed by atoms with Crippen molar-refractivity contribution in [3.8, 4) is 11.8 Å². The van der Waals surface area contributed by atoms with Crippen molar-refractivity contribution < 1.29 is 9.90 Å². The maximum Gasteiger partial charge on any atom is 0.223 e. The zero-order valence-corrected chi connectivity index (χ0v) is 11.5. The second-order valence-corrected chi connectivity index (χ2v) is 6.40. The molecular weight excluding hydrogens is 258 g/mol. The summed E-state index contributed by atoms with van der Waals surface area (Å²) in [6.07, 6.45) is 3.78. The lowest BCUT2D eigenvalue weighted by molar-refractivity contribution is -0.123. The van der Waals surface area contributed by atoms with Crippen LogP contribution in [0.3, 0.4) is 0 Å². The number of hydrogen-bond acceptors (Lipinski definition) is 3. The molecule has 0 saturated heterocycles. The standard InChI is InChI=1S/C15H17NO2S/c17-8-2-3-10-6-7-11(19-10)9-16-15(18)14-12-4-1-5-13(12)14/h6-7,12-14,17H,1,4-5,8-9H2,(H,16,18). The number of carbonyl (C=O) groups excluding carboxylic acids is 1. The smallest absolute Gasteiger partial charge is 0.223 e. The molecule has 0 spiro atoms. The molecule has 0 aromatic carbocycles. The molecule has 100 valence electrons. The molecule has 1 aromatic rings. The van der Waals surface area contributed by atoms with Gasteiger partial charge in [-0.05, 0) is 36.8 Å². The van der Waals surface area contributed by atoms with Gasteiger partial charge in [0.25, 0.3) is 0 Å². The minimum Gasteiger partial charge on any atom is -0.384 e. The van der Waals surface area contributed by atoms with Gasteiger partial charge >= 0.3 is 0 Å². The van der Waals surface area contributed by atoms with Crippen LogP contribution in [-0.2, 0) is 11.3 Å². The third kappa shape index (κ3) is 2.68. The number of fused-ring (bicyclic) bond motifs is 1. The molecule has 2 saturated carbocycles. The number of carbonyl (C=O) groups is 1. The number of thiophene rings is 1. The molecule has 4 heteroatoms. The van der Waals surface area contributed by atoms with Crippen molar-refractivity contribution in [2.75, 3.05) is 6.61 Å². The molecule has 3 rings (SSSR count). The summed E-state index contributed by atoms with van der Waals surface area (Å²) in [5.41, 5.74) is 0. The summed E-state index contributed by atoms with van der Waals surface area (Å²) in [6.45, 7) is 0.481. The molecule has 19 heavy (non-hydrogen) atoms. The van der Waals surface area contributed by atoms with Crippen LogP contribution in [0.25, 0.3) is 0 Å². The van der Waals surface area contributed by atoms with Crippen LogP contribution in [0.1, 0.15) is 29.0 Å². The summed E-state index contributed by atoms with van der Waals surface area (Å²) in [7, 11) is 0. The minimum absolute atomic E-state index is 0.117. The summed E-state index contributed by atoms with van der Waals surface area (Å²) in [5, 5.41) is 11.7. The molecule has 1 amide bonds. The second kappa shape index (κ2) is 5.36. The van der Waals surface area contributed by atoms with E-state index in [0.717, 1.165) is 9.75 Å². The van der Waals surface area contributed by atoms with Gasteiger partial charge < -0.3 is 10.4 Å². The third-order valence-electron chi connectivity index (χ3n) is 4.10. The molecule has 2 N–H and O–H groups in total. The van der Waals surface area contributed by atoms with E-state index in [1.165, 1.54) is 19.3 Å². The van der Waals surface area contributed by atoms with Gasteiger partial charge in [0.05, 0.1) is 11.4 Å². The molecule has 2 atom stereocenters. The molecule has 0 bridgehead atoms. The Kier molecular flexibility index (Phi) is 3.58. The van der Waals surface area contributed by atoms with E-state index in [1.54, 1.807) is 11.3 Å². The molecule has 2 aliphatic rings. The number of amides is 1. The van der Waals surface area contributed by atoms with Crippen LogP contribution in [0.2, 0.25) is 0 Å². The Balaban J connectivity index is 1.49. The zero-order valence-electron chi connectivity index (χ0n) is 10.7. The number of hydrogen-bond donors (Lipinski definition) is 2. The van der Waals surface area contributed by atoms with Crippen LogP contribution < -0.4 is 5.32 Å². The second-order valence-electron chi connectivity index (χ2n) is 5.23. The average molecular weight is 275 g/mol. The van der Waals surface area contributed by atoms with E-state index < -0.39 is 0 Å². The normalized spacial score (nSPS) is 27.3. The van der Waals surface area contributed by atoms with Gasteiger partial charge in [0.1, 0.15) is 6.61 Å². The SMILES string of the molecule is O=C(NCc1ccc(C#CCO)s1)C1C2CCCC21. The van der Waals surface area contributed by atoms with Crippen LogP contribution in [0.4, 0.5) is 0 Å². The summed E-state index contributed by atoms with van der Waals surface area (Å²) < 4.78 is 0. The molecule has 3 nitrogen and oxygen atoms in total. The van der Waals surface area contributed by atoms with Gasteiger partial charge in [0.2, 0.25) is 5.91 Å². The fourth-order valence-electron chi connectivity index (χ4n) is 3.17. The fraction of sp³-hybridized carbons (Fsp3) is 0.533. The Hall–Kier alpha value is -1.31. The summed E-state index contributed by atoms with van der Waals surface area (Å²) in [4.78, 5) is 14.0. The average Bonchev–Trinajstić information content (AvgIpc) is 2.83. The lowest BCUT2D eigenvalue weighted by Crippen LogP contribution is -2.25. The Morgan fingerprint density at radius 2 is 2.21 bits per heavy atom.